The number of phenols is 1. The van der Waals surface area contributed by atoms with Crippen LogP contribution in [-0.4, -0.2) is 5.11 Å². The third kappa shape index (κ3) is 0.975. The van der Waals surface area contributed by atoms with Gasteiger partial charge >= 0.3 is 0 Å². The molecule has 0 spiro atoms. The molecule has 12 heavy (non-hydrogen) atoms. The monoisotopic (exact) mass is 159 g/mol. The highest BCUT2D eigenvalue weighted by Crippen LogP contribution is 2.29. The second-order valence-electron chi connectivity index (χ2n) is 2.67. The molecule has 0 saturated carbocycles. The number of benzene rings is 2. The van der Waals surface area contributed by atoms with Gasteiger partial charge in [0.05, 0.1) is 0 Å². The lowest BCUT2D eigenvalue weighted by molar-refractivity contribution is 0.356. The lowest BCUT2D eigenvalue weighted by Gasteiger charge is -1.98. The molecule has 2 aromatic carbocycles. The Bertz CT molecular complexity index is 421. The minimum atomic E-state index is -0.134. The lowest BCUT2D eigenvalue weighted by atomic mass is 10.1. The van der Waals surface area contributed by atoms with Crippen LogP contribution in [0.1, 0.15) is 0 Å². The Hall–Kier alpha value is -1.70. The summed E-state index contributed by atoms with van der Waals surface area (Å²) in [4.78, 5) is 0. The SMILES string of the molecule is [O]c1cc(O)cc2ccccc12. The van der Waals surface area contributed by atoms with Crippen molar-refractivity contribution in [2.45, 2.75) is 0 Å². The number of hydrogen-bond donors (Lipinski definition) is 1. The van der Waals surface area contributed by atoms with E-state index in [-0.39, 0.29) is 11.5 Å². The van der Waals surface area contributed by atoms with E-state index in [1.807, 2.05) is 6.07 Å². The zero-order valence-corrected chi connectivity index (χ0v) is 6.32. The average molecular weight is 159 g/mol. The van der Waals surface area contributed by atoms with Crippen molar-refractivity contribution >= 4 is 10.8 Å². The molecule has 0 aliphatic heterocycles. The summed E-state index contributed by atoms with van der Waals surface area (Å²) >= 11 is 0. The first-order valence-electron chi connectivity index (χ1n) is 3.66. The number of fused-ring (bicyclic) bond motifs is 1. The fourth-order valence-electron chi connectivity index (χ4n) is 1.26. The van der Waals surface area contributed by atoms with Crippen LogP contribution in [0.15, 0.2) is 36.4 Å². The molecule has 0 unspecified atom stereocenters. The summed E-state index contributed by atoms with van der Waals surface area (Å²) in [6.07, 6.45) is 0. The third-order valence-electron chi connectivity index (χ3n) is 1.81. The van der Waals surface area contributed by atoms with Gasteiger partial charge in [0.1, 0.15) is 5.75 Å². The van der Waals surface area contributed by atoms with Gasteiger partial charge in [0, 0.05) is 11.5 Å². The van der Waals surface area contributed by atoms with Crippen molar-refractivity contribution in [2.75, 3.05) is 0 Å². The van der Waals surface area contributed by atoms with E-state index in [9.17, 15) is 5.11 Å². The van der Waals surface area contributed by atoms with Gasteiger partial charge in [-0.15, -0.1) is 0 Å². The van der Waals surface area contributed by atoms with Crippen molar-refractivity contribution in [3.05, 3.63) is 36.4 Å². The molecular formula is C10H7O2. The number of rotatable bonds is 0. The molecule has 0 aromatic heterocycles. The van der Waals surface area contributed by atoms with Crippen LogP contribution in [0.2, 0.25) is 0 Å². The van der Waals surface area contributed by atoms with Crippen molar-refractivity contribution in [2.24, 2.45) is 0 Å². The first-order chi connectivity index (χ1) is 5.77. The van der Waals surface area contributed by atoms with Crippen molar-refractivity contribution in [1.82, 2.24) is 0 Å². The molecule has 0 aliphatic rings. The van der Waals surface area contributed by atoms with E-state index >= 15 is 0 Å². The van der Waals surface area contributed by atoms with Gasteiger partial charge in [-0.1, -0.05) is 24.3 Å². The van der Waals surface area contributed by atoms with E-state index < -0.39 is 0 Å². The molecule has 1 N–H and O–H groups in total. The highest BCUT2D eigenvalue weighted by Gasteiger charge is 2.01. The van der Waals surface area contributed by atoms with Gasteiger partial charge in [-0.3, -0.25) is 5.11 Å². The summed E-state index contributed by atoms with van der Waals surface area (Å²) in [6, 6.07) is 9.99. The fourth-order valence-corrected chi connectivity index (χ4v) is 1.26. The van der Waals surface area contributed by atoms with Crippen LogP contribution in [0.3, 0.4) is 0 Å². The maximum absolute atomic E-state index is 11.2. The molecule has 2 nitrogen and oxygen atoms in total. The Morgan fingerprint density at radius 3 is 2.67 bits per heavy atom. The summed E-state index contributed by atoms with van der Waals surface area (Å²) in [6.45, 7) is 0. The Morgan fingerprint density at radius 2 is 1.83 bits per heavy atom. The van der Waals surface area contributed by atoms with E-state index in [1.54, 1.807) is 24.3 Å². The molecule has 0 saturated heterocycles. The van der Waals surface area contributed by atoms with Crippen molar-refractivity contribution in [1.29, 1.82) is 0 Å². The van der Waals surface area contributed by atoms with Crippen LogP contribution in [-0.2, 0) is 5.11 Å². The summed E-state index contributed by atoms with van der Waals surface area (Å²) < 4.78 is 0. The molecule has 0 bridgehead atoms. The Morgan fingerprint density at radius 1 is 1.08 bits per heavy atom. The van der Waals surface area contributed by atoms with Crippen LogP contribution < -0.4 is 0 Å². The Labute approximate surface area is 69.7 Å². The second kappa shape index (κ2) is 2.41. The predicted molar refractivity (Wildman–Crippen MR) is 45.7 cm³/mol. The summed E-state index contributed by atoms with van der Waals surface area (Å²) in [7, 11) is 0. The zero-order valence-electron chi connectivity index (χ0n) is 6.32. The predicted octanol–water partition coefficient (Wildman–Crippen LogP) is 2.69. The minimum absolute atomic E-state index is 0.0266. The Balaban J connectivity index is 2.89. The largest absolute Gasteiger partial charge is 0.508 e. The van der Waals surface area contributed by atoms with Crippen LogP contribution in [0.25, 0.3) is 10.8 Å². The van der Waals surface area contributed by atoms with Gasteiger partial charge in [-0.2, -0.15) is 0 Å². The average Bonchev–Trinajstić information content (AvgIpc) is 2.04. The van der Waals surface area contributed by atoms with E-state index in [1.165, 1.54) is 6.07 Å². The molecule has 0 atom stereocenters. The van der Waals surface area contributed by atoms with Gasteiger partial charge in [0.25, 0.3) is 0 Å². The maximum Gasteiger partial charge on any atom is 0.190 e. The van der Waals surface area contributed by atoms with Crippen LogP contribution in [0.4, 0.5) is 0 Å². The molecule has 2 aromatic rings. The number of aromatic hydroxyl groups is 1. The Kier molecular flexibility index (Phi) is 1.40. The summed E-state index contributed by atoms with van der Waals surface area (Å²) in [5.74, 6) is -0.107. The van der Waals surface area contributed by atoms with Crippen LogP contribution in [0, 0.1) is 0 Å². The van der Waals surface area contributed by atoms with E-state index in [2.05, 4.69) is 0 Å². The molecule has 0 fully saturated rings. The van der Waals surface area contributed by atoms with Crippen LogP contribution in [0.5, 0.6) is 11.5 Å². The minimum Gasteiger partial charge on any atom is -0.508 e. The quantitative estimate of drug-likeness (QED) is 0.630. The number of phenolic OH excluding ortho intramolecular Hbond substituents is 1. The van der Waals surface area contributed by atoms with E-state index in [4.69, 9.17) is 5.11 Å². The smallest absolute Gasteiger partial charge is 0.190 e. The maximum atomic E-state index is 11.2. The third-order valence-corrected chi connectivity index (χ3v) is 1.81. The molecule has 59 valence electrons. The van der Waals surface area contributed by atoms with Crippen LogP contribution >= 0.6 is 0 Å². The highest BCUT2D eigenvalue weighted by atomic mass is 16.3. The van der Waals surface area contributed by atoms with E-state index in [0.717, 1.165) is 5.39 Å². The molecule has 2 heteroatoms. The van der Waals surface area contributed by atoms with Gasteiger partial charge in [-0.25, -0.2) is 0 Å². The zero-order chi connectivity index (χ0) is 8.55. The first-order valence-corrected chi connectivity index (χ1v) is 3.66. The molecule has 0 aliphatic carbocycles. The van der Waals surface area contributed by atoms with E-state index in [0.29, 0.717) is 5.39 Å². The molecular weight excluding hydrogens is 152 g/mol. The lowest BCUT2D eigenvalue weighted by Crippen LogP contribution is -1.72. The molecule has 1 radical (unpaired) electrons. The van der Waals surface area contributed by atoms with Gasteiger partial charge in [0.2, 0.25) is 0 Å². The van der Waals surface area contributed by atoms with Crippen molar-refractivity contribution in [3.63, 3.8) is 0 Å². The summed E-state index contributed by atoms with van der Waals surface area (Å²) in [5.41, 5.74) is 0. The first kappa shape index (κ1) is 6.98. The second-order valence-corrected chi connectivity index (χ2v) is 2.67. The molecule has 0 amide bonds. The van der Waals surface area contributed by atoms with Gasteiger partial charge in [-0.05, 0) is 11.5 Å². The van der Waals surface area contributed by atoms with Crippen molar-refractivity contribution in [3.8, 4) is 11.5 Å². The summed E-state index contributed by atoms with van der Waals surface area (Å²) in [5, 5.41) is 21.8. The fraction of sp³-hybridized carbons (Fsp3) is 0. The topological polar surface area (TPSA) is 40.1 Å². The van der Waals surface area contributed by atoms with Gasteiger partial charge < -0.3 is 5.11 Å². The number of hydrogen-bond acceptors (Lipinski definition) is 1. The molecule has 2 rings (SSSR count). The van der Waals surface area contributed by atoms with Gasteiger partial charge in [0.15, 0.2) is 5.75 Å². The molecule has 0 heterocycles. The standard InChI is InChI=1S/C10H7O2/c11-8-5-7-3-1-2-4-9(7)10(12)6-8/h1-6,11H. The normalized spacial score (nSPS) is 10.3. The van der Waals surface area contributed by atoms with Crippen molar-refractivity contribution < 1.29 is 10.2 Å². The highest BCUT2D eigenvalue weighted by molar-refractivity contribution is 5.89.